The van der Waals surface area contributed by atoms with E-state index in [4.69, 9.17) is 33.0 Å². The van der Waals surface area contributed by atoms with E-state index >= 15 is 0 Å². The van der Waals surface area contributed by atoms with Gasteiger partial charge < -0.3 is 16.6 Å². The van der Waals surface area contributed by atoms with Gasteiger partial charge in [0, 0.05) is 34.2 Å². The second-order valence-corrected chi connectivity index (χ2v) is 7.18. The molecule has 1 atom stereocenters. The molecule has 5 nitrogen and oxygen atoms in total. The first-order valence-corrected chi connectivity index (χ1v) is 9.78. The van der Waals surface area contributed by atoms with E-state index in [9.17, 15) is 22.4 Å². The number of carbonyl (C=O) groups is 2. The number of hydrogen-bond acceptors (Lipinski definition) is 3. The second kappa shape index (κ2) is 10.9. The highest BCUT2D eigenvalue weighted by molar-refractivity contribution is 6.33. The molecule has 3 aromatic carbocycles. The van der Waals surface area contributed by atoms with Crippen molar-refractivity contribution in [1.82, 2.24) is 0 Å². The lowest BCUT2D eigenvalue weighted by molar-refractivity contribution is -0.192. The van der Waals surface area contributed by atoms with Crippen LogP contribution in [0.1, 0.15) is 27.4 Å². The fourth-order valence-corrected chi connectivity index (χ4v) is 3.32. The highest BCUT2D eigenvalue weighted by Crippen LogP contribution is 2.36. The molecule has 0 aliphatic carbocycles. The smallest absolute Gasteiger partial charge is 0.475 e. The minimum atomic E-state index is -5.08. The van der Waals surface area contributed by atoms with E-state index in [0.29, 0.717) is 17.1 Å². The third-order valence-electron chi connectivity index (χ3n) is 4.62. The third-order valence-corrected chi connectivity index (χ3v) is 4.95. The molecule has 1 amide bonds. The minimum Gasteiger partial charge on any atom is -0.475 e. The topological polar surface area (TPSA) is 106 Å². The third kappa shape index (κ3) is 6.53. The highest BCUT2D eigenvalue weighted by atomic mass is 35.5. The largest absolute Gasteiger partial charge is 0.490 e. The number of halogens is 5. The lowest BCUT2D eigenvalue weighted by Crippen LogP contribution is -2.21. The van der Waals surface area contributed by atoms with Gasteiger partial charge in [0.25, 0.3) is 0 Å². The summed E-state index contributed by atoms with van der Waals surface area (Å²) < 4.78 is 46.3. The highest BCUT2D eigenvalue weighted by Gasteiger charge is 2.38. The number of aliphatic carboxylic acids is 1. The van der Waals surface area contributed by atoms with Gasteiger partial charge >= 0.3 is 12.1 Å². The van der Waals surface area contributed by atoms with Crippen LogP contribution in [0.15, 0.2) is 66.7 Å². The normalized spacial score (nSPS) is 11.8. The molecule has 0 saturated heterocycles. The van der Waals surface area contributed by atoms with Gasteiger partial charge in [-0.15, -0.1) is 0 Å². The summed E-state index contributed by atoms with van der Waals surface area (Å²) in [4.78, 5) is 20.6. The molecule has 1 unspecified atom stereocenters. The van der Waals surface area contributed by atoms with Gasteiger partial charge in [-0.05, 0) is 35.4 Å². The average Bonchev–Trinajstić information content (AvgIpc) is 2.76. The Morgan fingerprint density at radius 3 is 2.09 bits per heavy atom. The predicted molar refractivity (Wildman–Crippen MR) is 116 cm³/mol. The van der Waals surface area contributed by atoms with Crippen LogP contribution in [0.2, 0.25) is 5.02 Å². The van der Waals surface area contributed by atoms with Crippen molar-refractivity contribution in [2.75, 3.05) is 6.54 Å². The quantitative estimate of drug-likeness (QED) is 0.446. The first-order chi connectivity index (χ1) is 15.5. The second-order valence-electron chi connectivity index (χ2n) is 6.77. The number of rotatable bonds is 5. The number of carboxylic acid groups (broad SMARTS) is 1. The van der Waals surface area contributed by atoms with Gasteiger partial charge in [-0.1, -0.05) is 54.1 Å². The number of carboxylic acids is 1. The molecule has 0 radical (unpaired) electrons. The van der Waals surface area contributed by atoms with Gasteiger partial charge in [-0.2, -0.15) is 13.2 Å². The Hall–Kier alpha value is -3.43. The van der Waals surface area contributed by atoms with Gasteiger partial charge in [-0.25, -0.2) is 9.18 Å². The molecule has 0 aliphatic heterocycles. The van der Waals surface area contributed by atoms with Gasteiger partial charge in [-0.3, -0.25) is 4.79 Å². The van der Waals surface area contributed by atoms with Crippen molar-refractivity contribution in [2.24, 2.45) is 11.5 Å². The summed E-state index contributed by atoms with van der Waals surface area (Å²) in [5, 5.41) is 7.46. The fourth-order valence-electron chi connectivity index (χ4n) is 3.10. The molecule has 0 aromatic heterocycles. The molecule has 0 fully saturated rings. The molecule has 0 bridgehead atoms. The van der Waals surface area contributed by atoms with Gasteiger partial charge in [0.2, 0.25) is 5.91 Å². The summed E-state index contributed by atoms with van der Waals surface area (Å²) >= 11 is 6.32. The summed E-state index contributed by atoms with van der Waals surface area (Å²) in [5.41, 5.74) is 14.0. The van der Waals surface area contributed by atoms with Gasteiger partial charge in [0.1, 0.15) is 5.82 Å². The molecule has 0 spiro atoms. The maximum Gasteiger partial charge on any atom is 0.490 e. The minimum absolute atomic E-state index is 0.0731. The summed E-state index contributed by atoms with van der Waals surface area (Å²) in [5.74, 6) is -4.09. The van der Waals surface area contributed by atoms with Crippen molar-refractivity contribution in [3.8, 4) is 11.1 Å². The Labute approximate surface area is 191 Å². The summed E-state index contributed by atoms with van der Waals surface area (Å²) in [6.45, 7) is 0.380. The van der Waals surface area contributed by atoms with Crippen LogP contribution in [0, 0.1) is 5.82 Å². The van der Waals surface area contributed by atoms with Crippen molar-refractivity contribution < 1.29 is 32.3 Å². The van der Waals surface area contributed by atoms with Crippen LogP contribution in [0.4, 0.5) is 17.6 Å². The van der Waals surface area contributed by atoms with Crippen LogP contribution in [-0.4, -0.2) is 29.7 Å². The first kappa shape index (κ1) is 25.8. The van der Waals surface area contributed by atoms with E-state index in [1.165, 1.54) is 18.2 Å². The van der Waals surface area contributed by atoms with Crippen LogP contribution in [0.3, 0.4) is 0 Å². The predicted octanol–water partition coefficient (Wildman–Crippen LogP) is 4.97. The Kier molecular flexibility index (Phi) is 8.56. The van der Waals surface area contributed by atoms with E-state index in [-0.39, 0.29) is 17.0 Å². The first-order valence-electron chi connectivity index (χ1n) is 9.40. The standard InChI is InChI=1S/C21H18ClFN2O.C2HF3O2/c22-18-10-9-14(17(12-24)13-5-2-1-3-6-13)11-16(18)20-15(21(25)26)7-4-8-19(20)23;3-2(4,5)1(6)7/h1-11,17H,12,24H2,(H2,25,26);(H,6,7). The van der Waals surface area contributed by atoms with Crippen LogP contribution >= 0.6 is 11.6 Å². The monoisotopic (exact) mass is 482 g/mol. The number of hydrogen-bond donors (Lipinski definition) is 3. The summed E-state index contributed by atoms with van der Waals surface area (Å²) in [6, 6.07) is 19.3. The molecule has 3 aromatic rings. The molecule has 0 saturated carbocycles. The molecule has 3 rings (SSSR count). The molecule has 33 heavy (non-hydrogen) atoms. The SMILES string of the molecule is NCC(c1ccccc1)c1ccc(Cl)c(-c2c(F)cccc2C(N)=O)c1.O=C(O)C(F)(F)F. The van der Waals surface area contributed by atoms with Crippen molar-refractivity contribution >= 4 is 23.5 Å². The van der Waals surface area contributed by atoms with E-state index in [1.807, 2.05) is 36.4 Å². The van der Waals surface area contributed by atoms with Crippen molar-refractivity contribution in [2.45, 2.75) is 12.1 Å². The zero-order valence-corrected chi connectivity index (χ0v) is 17.7. The Balaban J connectivity index is 0.000000479. The van der Waals surface area contributed by atoms with Crippen LogP contribution in [-0.2, 0) is 4.79 Å². The summed E-state index contributed by atoms with van der Waals surface area (Å²) in [7, 11) is 0. The molecule has 174 valence electrons. The molecule has 0 aliphatic rings. The van der Waals surface area contributed by atoms with Crippen LogP contribution < -0.4 is 11.5 Å². The Bertz CT molecular complexity index is 1140. The van der Waals surface area contributed by atoms with Crippen LogP contribution in [0.25, 0.3) is 11.1 Å². The lowest BCUT2D eigenvalue weighted by atomic mass is 9.88. The van der Waals surface area contributed by atoms with E-state index in [2.05, 4.69) is 0 Å². The van der Waals surface area contributed by atoms with Gasteiger partial charge in [0.05, 0.1) is 0 Å². The van der Waals surface area contributed by atoms with E-state index in [1.54, 1.807) is 12.1 Å². The number of carbonyl (C=O) groups excluding carboxylic acids is 1. The zero-order valence-electron chi connectivity index (χ0n) is 16.9. The number of nitrogens with two attached hydrogens (primary N) is 2. The van der Waals surface area contributed by atoms with E-state index < -0.39 is 23.9 Å². The van der Waals surface area contributed by atoms with Crippen molar-refractivity contribution in [3.05, 3.63) is 94.3 Å². The lowest BCUT2D eigenvalue weighted by Gasteiger charge is -2.18. The fraction of sp³-hybridized carbons (Fsp3) is 0.130. The number of primary amides is 1. The van der Waals surface area contributed by atoms with Crippen molar-refractivity contribution in [3.63, 3.8) is 0 Å². The van der Waals surface area contributed by atoms with E-state index in [0.717, 1.165) is 11.1 Å². The maximum atomic E-state index is 14.5. The van der Waals surface area contributed by atoms with Crippen LogP contribution in [0.5, 0.6) is 0 Å². The zero-order chi connectivity index (χ0) is 24.8. The molecule has 10 heteroatoms. The molecule has 5 N–H and O–H groups in total. The Morgan fingerprint density at radius 2 is 1.58 bits per heavy atom. The maximum absolute atomic E-state index is 14.5. The summed E-state index contributed by atoms with van der Waals surface area (Å²) in [6.07, 6.45) is -5.08. The number of amides is 1. The van der Waals surface area contributed by atoms with Gasteiger partial charge in [0.15, 0.2) is 0 Å². The number of benzene rings is 3. The number of alkyl halides is 3. The Morgan fingerprint density at radius 1 is 0.970 bits per heavy atom. The molecular weight excluding hydrogens is 464 g/mol. The average molecular weight is 483 g/mol. The van der Waals surface area contributed by atoms with Crippen molar-refractivity contribution in [1.29, 1.82) is 0 Å². The molecular formula is C23H19ClF4N2O3. The molecule has 0 heterocycles.